The van der Waals surface area contributed by atoms with Crippen molar-refractivity contribution in [2.45, 2.75) is 37.8 Å². The number of hydrogen-bond donors (Lipinski definition) is 1. The predicted octanol–water partition coefficient (Wildman–Crippen LogP) is 5.96. The highest BCUT2D eigenvalue weighted by molar-refractivity contribution is 7.92. The van der Waals surface area contributed by atoms with E-state index in [2.05, 4.69) is 5.32 Å². The van der Waals surface area contributed by atoms with Crippen LogP contribution in [0.4, 0.5) is 5.69 Å². The van der Waals surface area contributed by atoms with Crippen molar-refractivity contribution < 1.29 is 27.5 Å². The van der Waals surface area contributed by atoms with Gasteiger partial charge in [0.2, 0.25) is 11.8 Å². The van der Waals surface area contributed by atoms with E-state index in [9.17, 15) is 18.0 Å². The van der Waals surface area contributed by atoms with E-state index in [-0.39, 0.29) is 41.1 Å². The summed E-state index contributed by atoms with van der Waals surface area (Å²) in [7, 11) is -1.34. The lowest BCUT2D eigenvalue weighted by molar-refractivity contribution is -0.140. The molecule has 248 valence electrons. The summed E-state index contributed by atoms with van der Waals surface area (Å²) in [6, 6.07) is 27.9. The minimum atomic E-state index is -4.27. The number of sulfonamides is 1. The van der Waals surface area contributed by atoms with Crippen LogP contribution in [0.2, 0.25) is 5.02 Å². The summed E-state index contributed by atoms with van der Waals surface area (Å²) in [6.45, 7) is 3.78. The second kappa shape index (κ2) is 16.3. The first-order valence-electron chi connectivity index (χ1n) is 15.2. The Morgan fingerprint density at radius 2 is 1.45 bits per heavy atom. The number of rotatable bonds is 15. The number of methoxy groups -OCH3 is 2. The average molecular weight is 678 g/mol. The van der Waals surface area contributed by atoms with Crippen LogP contribution < -0.4 is 19.1 Å². The molecule has 0 aliphatic carbocycles. The maximum Gasteiger partial charge on any atom is 0.264 e. The van der Waals surface area contributed by atoms with Gasteiger partial charge in [0.05, 0.1) is 24.8 Å². The highest BCUT2D eigenvalue weighted by atomic mass is 35.5. The largest absolute Gasteiger partial charge is 0.493 e. The molecule has 0 saturated carbocycles. The van der Waals surface area contributed by atoms with Crippen molar-refractivity contribution in [3.05, 3.63) is 119 Å². The molecule has 1 N–H and O–H groups in total. The number of hydrogen-bond acceptors (Lipinski definition) is 6. The van der Waals surface area contributed by atoms with E-state index in [1.165, 1.54) is 37.3 Å². The van der Waals surface area contributed by atoms with Gasteiger partial charge in [0, 0.05) is 30.6 Å². The first-order chi connectivity index (χ1) is 22.5. The van der Waals surface area contributed by atoms with Crippen molar-refractivity contribution in [1.29, 1.82) is 0 Å². The average Bonchev–Trinajstić information content (AvgIpc) is 3.08. The quantitative estimate of drug-likeness (QED) is 0.166. The highest BCUT2D eigenvalue weighted by Gasteiger charge is 2.35. The molecular weight excluding hydrogens is 638 g/mol. The maximum absolute atomic E-state index is 14.6. The van der Waals surface area contributed by atoms with Crippen LogP contribution in [0.15, 0.2) is 108 Å². The van der Waals surface area contributed by atoms with Gasteiger partial charge in [-0.05, 0) is 53.4 Å². The zero-order chi connectivity index (χ0) is 34.0. The van der Waals surface area contributed by atoms with Gasteiger partial charge in [-0.1, -0.05) is 86.1 Å². The summed E-state index contributed by atoms with van der Waals surface area (Å²) in [5.41, 5.74) is 1.71. The van der Waals surface area contributed by atoms with E-state index < -0.39 is 28.5 Å². The minimum Gasteiger partial charge on any atom is -0.493 e. The lowest BCUT2D eigenvalue weighted by Crippen LogP contribution is -2.53. The molecule has 0 unspecified atom stereocenters. The predicted molar refractivity (Wildman–Crippen MR) is 184 cm³/mol. The molecule has 9 nitrogen and oxygen atoms in total. The Hall–Kier alpha value is -4.54. The van der Waals surface area contributed by atoms with Crippen molar-refractivity contribution in [2.24, 2.45) is 5.92 Å². The van der Waals surface area contributed by atoms with Crippen LogP contribution in [0, 0.1) is 5.92 Å². The molecule has 4 rings (SSSR count). The second-order valence-corrected chi connectivity index (χ2v) is 13.7. The highest BCUT2D eigenvalue weighted by Crippen LogP contribution is 2.34. The summed E-state index contributed by atoms with van der Waals surface area (Å²) in [5, 5.41) is 3.45. The van der Waals surface area contributed by atoms with Crippen molar-refractivity contribution in [3.63, 3.8) is 0 Å². The molecule has 0 radical (unpaired) electrons. The second-order valence-electron chi connectivity index (χ2n) is 11.4. The van der Waals surface area contributed by atoms with Crippen LogP contribution in [0.5, 0.6) is 11.5 Å². The van der Waals surface area contributed by atoms with E-state index in [0.717, 1.165) is 9.87 Å². The van der Waals surface area contributed by atoms with Crippen LogP contribution in [0.3, 0.4) is 0 Å². The number of halogens is 1. The monoisotopic (exact) mass is 677 g/mol. The normalized spacial score (nSPS) is 11.9. The van der Waals surface area contributed by atoms with Gasteiger partial charge in [-0.15, -0.1) is 0 Å². The Morgan fingerprint density at radius 1 is 0.809 bits per heavy atom. The lowest BCUT2D eigenvalue weighted by Gasteiger charge is -2.34. The summed E-state index contributed by atoms with van der Waals surface area (Å²) < 4.78 is 40.3. The first kappa shape index (κ1) is 35.3. The van der Waals surface area contributed by atoms with E-state index in [0.29, 0.717) is 22.9 Å². The van der Waals surface area contributed by atoms with E-state index in [4.69, 9.17) is 21.1 Å². The molecule has 47 heavy (non-hydrogen) atoms. The third-order valence-corrected chi connectivity index (χ3v) is 9.49. The molecule has 0 aromatic heterocycles. The topological polar surface area (TPSA) is 105 Å². The molecule has 0 saturated heterocycles. The zero-order valence-corrected chi connectivity index (χ0v) is 28.5. The fraction of sp³-hybridized carbons (Fsp3) is 0.278. The Kier molecular flexibility index (Phi) is 12.3. The zero-order valence-electron chi connectivity index (χ0n) is 26.9. The molecule has 0 fully saturated rings. The molecule has 2 amide bonds. The molecule has 1 atom stereocenters. The third kappa shape index (κ3) is 9.27. The van der Waals surface area contributed by atoms with Gasteiger partial charge in [0.25, 0.3) is 10.0 Å². The number of amides is 2. The molecule has 0 heterocycles. The molecule has 4 aromatic rings. The molecule has 0 bridgehead atoms. The van der Waals surface area contributed by atoms with Gasteiger partial charge in [-0.25, -0.2) is 8.42 Å². The molecule has 11 heteroatoms. The van der Waals surface area contributed by atoms with Crippen molar-refractivity contribution in [1.82, 2.24) is 10.2 Å². The van der Waals surface area contributed by atoms with Crippen LogP contribution >= 0.6 is 11.6 Å². The van der Waals surface area contributed by atoms with E-state index in [1.807, 2.05) is 50.2 Å². The SMILES string of the molecule is COc1ccc(N(CC(=O)N(Cc2cccc(Cl)c2)[C@H](Cc2ccccc2)C(=O)NCC(C)C)S(=O)(=O)c2ccccc2)cc1OC. The number of anilines is 1. The van der Waals surface area contributed by atoms with Gasteiger partial charge < -0.3 is 19.7 Å². The maximum atomic E-state index is 14.6. The van der Waals surface area contributed by atoms with Gasteiger partial charge in [-0.3, -0.25) is 13.9 Å². The number of nitrogens with zero attached hydrogens (tertiary/aromatic N) is 2. The Bertz CT molecular complexity index is 1750. The number of benzene rings is 4. The van der Waals surface area contributed by atoms with E-state index in [1.54, 1.807) is 48.5 Å². The summed E-state index contributed by atoms with van der Waals surface area (Å²) >= 11 is 6.32. The fourth-order valence-electron chi connectivity index (χ4n) is 5.04. The summed E-state index contributed by atoms with van der Waals surface area (Å²) in [6.07, 6.45) is 0.207. The summed E-state index contributed by atoms with van der Waals surface area (Å²) in [5.74, 6) is -0.0742. The van der Waals surface area contributed by atoms with Gasteiger partial charge in [0.1, 0.15) is 12.6 Å². The Balaban J connectivity index is 1.83. The molecule has 4 aromatic carbocycles. The lowest BCUT2D eigenvalue weighted by atomic mass is 10.0. The van der Waals surface area contributed by atoms with Gasteiger partial charge in [-0.2, -0.15) is 0 Å². The Labute approximate surface area is 282 Å². The fourth-order valence-corrected chi connectivity index (χ4v) is 6.68. The smallest absolute Gasteiger partial charge is 0.264 e. The molecule has 0 spiro atoms. The number of carbonyl (C=O) groups is 2. The number of ether oxygens (including phenoxy) is 2. The summed E-state index contributed by atoms with van der Waals surface area (Å²) in [4.78, 5) is 29.9. The molecule has 0 aliphatic rings. The Morgan fingerprint density at radius 3 is 2.06 bits per heavy atom. The van der Waals surface area contributed by atoms with Gasteiger partial charge in [0.15, 0.2) is 11.5 Å². The van der Waals surface area contributed by atoms with Crippen molar-refractivity contribution in [3.8, 4) is 11.5 Å². The van der Waals surface area contributed by atoms with Gasteiger partial charge >= 0.3 is 0 Å². The standard InChI is InChI=1S/C36H40ClN3O6S/c1-26(2)23-38-36(42)32(21-27-12-7-5-8-13-27)39(24-28-14-11-15-29(37)20-28)35(41)25-40(47(43,44)31-16-9-6-10-17-31)30-18-19-33(45-3)34(22-30)46-4/h5-20,22,26,32H,21,23-25H2,1-4H3,(H,38,42)/t32-/m1/s1. The number of nitrogens with one attached hydrogen (secondary N) is 1. The van der Waals surface area contributed by atoms with Crippen molar-refractivity contribution in [2.75, 3.05) is 31.6 Å². The van der Waals surface area contributed by atoms with Crippen LogP contribution in [0.25, 0.3) is 0 Å². The molecule has 0 aliphatic heterocycles. The van der Waals surface area contributed by atoms with Crippen LogP contribution in [0.1, 0.15) is 25.0 Å². The van der Waals surface area contributed by atoms with Crippen molar-refractivity contribution >= 4 is 39.1 Å². The van der Waals surface area contributed by atoms with Crippen LogP contribution in [-0.4, -0.2) is 58.5 Å². The van der Waals surface area contributed by atoms with E-state index >= 15 is 0 Å². The third-order valence-electron chi connectivity index (χ3n) is 7.46. The first-order valence-corrected chi connectivity index (χ1v) is 17.0. The molecular formula is C36H40ClN3O6S. The number of carbonyl (C=O) groups excluding carboxylic acids is 2. The van der Waals surface area contributed by atoms with Crippen LogP contribution in [-0.2, 0) is 32.6 Å². The minimum absolute atomic E-state index is 0.000474.